The molecule has 0 heterocycles. The summed E-state index contributed by atoms with van der Waals surface area (Å²) in [5.41, 5.74) is 2.10. The van der Waals surface area contributed by atoms with Crippen molar-refractivity contribution in [3.05, 3.63) is 29.8 Å². The van der Waals surface area contributed by atoms with Crippen molar-refractivity contribution in [3.63, 3.8) is 0 Å². The van der Waals surface area contributed by atoms with Crippen molar-refractivity contribution in [1.29, 1.82) is 0 Å². The Morgan fingerprint density at radius 3 is 2.75 bits per heavy atom. The summed E-state index contributed by atoms with van der Waals surface area (Å²) in [6, 6.07) is 7.42. The van der Waals surface area contributed by atoms with Crippen LogP contribution in [0.25, 0.3) is 0 Å². The first-order valence-corrected chi connectivity index (χ1v) is 5.75. The van der Waals surface area contributed by atoms with Gasteiger partial charge in [0, 0.05) is 5.69 Å². The van der Waals surface area contributed by atoms with Crippen LogP contribution in [-0.4, -0.2) is 17.1 Å². The average molecular weight is 221 g/mol. The van der Waals surface area contributed by atoms with Crippen LogP contribution in [0.2, 0.25) is 0 Å². The highest BCUT2D eigenvalue weighted by Gasteiger charge is 2.15. The second kappa shape index (κ2) is 6.16. The molecule has 2 N–H and O–H groups in total. The molecule has 0 aliphatic rings. The van der Waals surface area contributed by atoms with Gasteiger partial charge < -0.3 is 10.4 Å². The minimum Gasteiger partial charge on any atom is -0.480 e. The minimum atomic E-state index is -0.788. The molecule has 0 aromatic heterocycles. The summed E-state index contributed by atoms with van der Waals surface area (Å²) in [4.78, 5) is 11.0. The minimum absolute atomic E-state index is 0.489. The molecule has 3 nitrogen and oxygen atoms in total. The summed E-state index contributed by atoms with van der Waals surface area (Å²) in [6.07, 6.45) is 2.46. The highest BCUT2D eigenvalue weighted by molar-refractivity contribution is 5.77. The molecule has 0 spiro atoms. The van der Waals surface area contributed by atoms with Crippen LogP contribution in [0.3, 0.4) is 0 Å². The van der Waals surface area contributed by atoms with Gasteiger partial charge in [0.25, 0.3) is 0 Å². The summed E-state index contributed by atoms with van der Waals surface area (Å²) in [5.74, 6) is -0.788. The van der Waals surface area contributed by atoms with E-state index in [2.05, 4.69) is 12.2 Å². The lowest BCUT2D eigenvalue weighted by Crippen LogP contribution is -2.28. The summed E-state index contributed by atoms with van der Waals surface area (Å²) in [5, 5.41) is 12.1. The predicted molar refractivity (Wildman–Crippen MR) is 65.8 cm³/mol. The third-order valence-corrected chi connectivity index (χ3v) is 2.55. The van der Waals surface area contributed by atoms with Gasteiger partial charge in [0.05, 0.1) is 0 Å². The van der Waals surface area contributed by atoms with E-state index in [9.17, 15) is 4.79 Å². The van der Waals surface area contributed by atoms with E-state index in [-0.39, 0.29) is 0 Å². The van der Waals surface area contributed by atoms with E-state index in [4.69, 9.17) is 5.11 Å². The smallest absolute Gasteiger partial charge is 0.326 e. The molecule has 0 saturated heterocycles. The molecule has 0 fully saturated rings. The normalized spacial score (nSPS) is 12.1. The molecule has 16 heavy (non-hydrogen) atoms. The third-order valence-electron chi connectivity index (χ3n) is 2.55. The largest absolute Gasteiger partial charge is 0.480 e. The summed E-state index contributed by atoms with van der Waals surface area (Å²) in [6.45, 7) is 4.07. The Morgan fingerprint density at radius 2 is 2.19 bits per heavy atom. The standard InChI is InChI=1S/C13H19NO2/c1-3-6-12(13(15)16)14-11-8-5-7-10(4-2)9-11/h5,7-9,12,14H,3-4,6H2,1-2H3,(H,15,16). The monoisotopic (exact) mass is 221 g/mol. The van der Waals surface area contributed by atoms with Gasteiger partial charge >= 0.3 is 5.97 Å². The van der Waals surface area contributed by atoms with Crippen molar-refractivity contribution in [3.8, 4) is 0 Å². The van der Waals surface area contributed by atoms with Crippen molar-refractivity contribution in [2.75, 3.05) is 5.32 Å². The number of rotatable bonds is 6. The lowest BCUT2D eigenvalue weighted by Gasteiger charge is -2.15. The van der Waals surface area contributed by atoms with E-state index in [0.29, 0.717) is 6.42 Å². The van der Waals surface area contributed by atoms with Crippen LogP contribution in [0.4, 0.5) is 5.69 Å². The predicted octanol–water partition coefficient (Wildman–Crippen LogP) is 2.91. The molecular weight excluding hydrogens is 202 g/mol. The first-order valence-electron chi connectivity index (χ1n) is 5.75. The topological polar surface area (TPSA) is 49.3 Å². The van der Waals surface area contributed by atoms with Crippen LogP contribution in [0.15, 0.2) is 24.3 Å². The molecule has 0 aliphatic heterocycles. The van der Waals surface area contributed by atoms with Crippen LogP contribution in [0.1, 0.15) is 32.3 Å². The van der Waals surface area contributed by atoms with Gasteiger partial charge in [-0.15, -0.1) is 0 Å². The number of aryl methyl sites for hydroxylation is 1. The van der Waals surface area contributed by atoms with E-state index in [1.54, 1.807) is 0 Å². The summed E-state index contributed by atoms with van der Waals surface area (Å²) >= 11 is 0. The molecule has 1 aromatic carbocycles. The maximum atomic E-state index is 11.0. The van der Waals surface area contributed by atoms with Crippen molar-refractivity contribution in [2.45, 2.75) is 39.2 Å². The van der Waals surface area contributed by atoms with Gasteiger partial charge in [-0.1, -0.05) is 32.4 Å². The summed E-state index contributed by atoms with van der Waals surface area (Å²) < 4.78 is 0. The molecule has 0 radical (unpaired) electrons. The van der Waals surface area contributed by atoms with Crippen LogP contribution < -0.4 is 5.32 Å². The Morgan fingerprint density at radius 1 is 1.44 bits per heavy atom. The number of carboxylic acid groups (broad SMARTS) is 1. The number of nitrogens with one attached hydrogen (secondary N) is 1. The fourth-order valence-electron chi connectivity index (χ4n) is 1.63. The first-order chi connectivity index (χ1) is 7.67. The number of anilines is 1. The molecule has 0 amide bonds. The fraction of sp³-hybridized carbons (Fsp3) is 0.462. The second-order valence-corrected chi connectivity index (χ2v) is 3.88. The van der Waals surface area contributed by atoms with Gasteiger partial charge in [0.1, 0.15) is 6.04 Å². The highest BCUT2D eigenvalue weighted by atomic mass is 16.4. The summed E-state index contributed by atoms with van der Waals surface area (Å²) in [7, 11) is 0. The van der Waals surface area contributed by atoms with Crippen LogP contribution in [-0.2, 0) is 11.2 Å². The molecule has 3 heteroatoms. The fourth-order valence-corrected chi connectivity index (χ4v) is 1.63. The van der Waals surface area contributed by atoms with Gasteiger partial charge in [-0.3, -0.25) is 0 Å². The van der Waals surface area contributed by atoms with Gasteiger partial charge in [-0.25, -0.2) is 4.79 Å². The lowest BCUT2D eigenvalue weighted by molar-refractivity contribution is -0.138. The highest BCUT2D eigenvalue weighted by Crippen LogP contribution is 2.14. The Bertz CT molecular complexity index is 350. The maximum Gasteiger partial charge on any atom is 0.326 e. The van der Waals surface area contributed by atoms with Gasteiger partial charge in [-0.05, 0) is 30.5 Å². The van der Waals surface area contributed by atoms with E-state index in [1.807, 2.05) is 31.2 Å². The Hall–Kier alpha value is -1.51. The Labute approximate surface area is 96.5 Å². The Kier molecular flexibility index (Phi) is 4.83. The van der Waals surface area contributed by atoms with Crippen LogP contribution in [0.5, 0.6) is 0 Å². The molecular formula is C13H19NO2. The van der Waals surface area contributed by atoms with E-state index < -0.39 is 12.0 Å². The van der Waals surface area contributed by atoms with Gasteiger partial charge in [0.2, 0.25) is 0 Å². The SMILES string of the molecule is CCCC(Nc1cccc(CC)c1)C(=O)O. The zero-order chi connectivity index (χ0) is 12.0. The number of carbonyl (C=O) groups is 1. The molecule has 88 valence electrons. The number of aliphatic carboxylic acids is 1. The molecule has 0 saturated carbocycles. The maximum absolute atomic E-state index is 11.0. The van der Waals surface area contributed by atoms with E-state index in [1.165, 1.54) is 5.56 Å². The van der Waals surface area contributed by atoms with Crippen molar-refractivity contribution < 1.29 is 9.90 Å². The molecule has 0 aliphatic carbocycles. The van der Waals surface area contributed by atoms with Crippen molar-refractivity contribution in [1.82, 2.24) is 0 Å². The molecule has 1 aromatic rings. The van der Waals surface area contributed by atoms with E-state index in [0.717, 1.165) is 18.5 Å². The van der Waals surface area contributed by atoms with Crippen LogP contribution in [0, 0.1) is 0 Å². The molecule has 1 rings (SSSR count). The second-order valence-electron chi connectivity index (χ2n) is 3.88. The Balaban J connectivity index is 2.72. The molecule has 0 bridgehead atoms. The number of carboxylic acids is 1. The zero-order valence-electron chi connectivity index (χ0n) is 9.86. The quantitative estimate of drug-likeness (QED) is 0.776. The number of hydrogen-bond acceptors (Lipinski definition) is 2. The number of benzene rings is 1. The average Bonchev–Trinajstić information content (AvgIpc) is 2.28. The molecule has 1 unspecified atom stereocenters. The zero-order valence-corrected chi connectivity index (χ0v) is 9.86. The lowest BCUT2D eigenvalue weighted by atomic mass is 10.1. The van der Waals surface area contributed by atoms with Crippen molar-refractivity contribution >= 4 is 11.7 Å². The van der Waals surface area contributed by atoms with Crippen LogP contribution >= 0.6 is 0 Å². The van der Waals surface area contributed by atoms with E-state index >= 15 is 0 Å². The first kappa shape index (κ1) is 12.6. The van der Waals surface area contributed by atoms with Crippen molar-refractivity contribution in [2.24, 2.45) is 0 Å². The van der Waals surface area contributed by atoms with Gasteiger partial charge in [0.15, 0.2) is 0 Å². The third kappa shape index (κ3) is 3.57. The number of hydrogen-bond donors (Lipinski definition) is 2. The van der Waals surface area contributed by atoms with Gasteiger partial charge in [-0.2, -0.15) is 0 Å². The molecule has 1 atom stereocenters.